The first-order valence-corrected chi connectivity index (χ1v) is 7.42. The Morgan fingerprint density at radius 1 is 1.39 bits per heavy atom. The SMILES string of the molecule is CCOc1cccc(CNCC(C)(C)SC)c1O. The lowest BCUT2D eigenvalue weighted by Crippen LogP contribution is -2.31. The van der Waals surface area contributed by atoms with Crippen LogP contribution in [0, 0.1) is 0 Å². The van der Waals surface area contributed by atoms with E-state index in [1.165, 1.54) is 0 Å². The molecule has 0 heterocycles. The van der Waals surface area contributed by atoms with Crippen molar-refractivity contribution in [1.82, 2.24) is 5.32 Å². The molecule has 2 N–H and O–H groups in total. The summed E-state index contributed by atoms with van der Waals surface area (Å²) in [6.45, 7) is 8.40. The maximum atomic E-state index is 10.0. The van der Waals surface area contributed by atoms with Gasteiger partial charge in [0.2, 0.25) is 0 Å². The van der Waals surface area contributed by atoms with Gasteiger partial charge in [0.05, 0.1) is 6.61 Å². The Bertz CT molecular complexity index is 380. The van der Waals surface area contributed by atoms with Gasteiger partial charge in [-0.2, -0.15) is 11.8 Å². The van der Waals surface area contributed by atoms with Gasteiger partial charge in [-0.05, 0) is 33.1 Å². The Morgan fingerprint density at radius 3 is 2.72 bits per heavy atom. The third-order valence-corrected chi connectivity index (χ3v) is 4.05. The topological polar surface area (TPSA) is 41.5 Å². The normalized spacial score (nSPS) is 11.6. The van der Waals surface area contributed by atoms with Crippen molar-refractivity contribution in [2.75, 3.05) is 19.4 Å². The van der Waals surface area contributed by atoms with E-state index in [1.54, 1.807) is 6.07 Å². The highest BCUT2D eigenvalue weighted by Crippen LogP contribution is 2.29. The van der Waals surface area contributed by atoms with Crippen molar-refractivity contribution in [3.63, 3.8) is 0 Å². The smallest absolute Gasteiger partial charge is 0.162 e. The maximum Gasteiger partial charge on any atom is 0.162 e. The molecule has 0 unspecified atom stereocenters. The summed E-state index contributed by atoms with van der Waals surface area (Å²) in [5.74, 6) is 0.801. The average Bonchev–Trinajstić information content (AvgIpc) is 2.34. The summed E-state index contributed by atoms with van der Waals surface area (Å²) in [5.41, 5.74) is 0.873. The van der Waals surface area contributed by atoms with Gasteiger partial charge >= 0.3 is 0 Å². The standard InChI is InChI=1S/C14H23NO2S/c1-5-17-12-8-6-7-11(13(12)16)9-15-10-14(2,3)18-4/h6-8,15-16H,5,9-10H2,1-4H3. The number of phenolic OH excluding ortho intramolecular Hbond substituents is 1. The fourth-order valence-corrected chi connectivity index (χ4v) is 1.80. The molecule has 0 aliphatic heterocycles. The van der Waals surface area contributed by atoms with E-state index in [-0.39, 0.29) is 10.5 Å². The highest BCUT2D eigenvalue weighted by Gasteiger charge is 2.15. The molecule has 0 aromatic heterocycles. The first kappa shape index (κ1) is 15.2. The highest BCUT2D eigenvalue weighted by molar-refractivity contribution is 7.99. The number of thioether (sulfide) groups is 1. The van der Waals surface area contributed by atoms with E-state index < -0.39 is 0 Å². The molecule has 0 bridgehead atoms. The van der Waals surface area contributed by atoms with E-state index >= 15 is 0 Å². The molecule has 0 fully saturated rings. The second-order valence-electron chi connectivity index (χ2n) is 4.76. The number of hydrogen-bond acceptors (Lipinski definition) is 4. The zero-order valence-corrected chi connectivity index (χ0v) is 12.4. The first-order valence-electron chi connectivity index (χ1n) is 6.19. The molecule has 0 saturated carbocycles. The number of phenols is 1. The van der Waals surface area contributed by atoms with Gasteiger partial charge in [0, 0.05) is 23.4 Å². The molecular formula is C14H23NO2S. The summed E-state index contributed by atoms with van der Waals surface area (Å²) >= 11 is 1.83. The van der Waals surface area contributed by atoms with Gasteiger partial charge in [-0.25, -0.2) is 0 Å². The zero-order valence-electron chi connectivity index (χ0n) is 11.6. The van der Waals surface area contributed by atoms with Crippen molar-refractivity contribution in [3.8, 4) is 11.5 Å². The summed E-state index contributed by atoms with van der Waals surface area (Å²) < 4.78 is 5.57. The third-order valence-electron chi connectivity index (χ3n) is 2.80. The number of ether oxygens (including phenoxy) is 1. The van der Waals surface area contributed by atoms with Crippen molar-refractivity contribution in [2.45, 2.75) is 32.1 Å². The molecule has 1 rings (SSSR count). The minimum absolute atomic E-state index is 0.202. The van der Waals surface area contributed by atoms with E-state index in [0.29, 0.717) is 18.9 Å². The van der Waals surface area contributed by atoms with Crippen LogP contribution >= 0.6 is 11.8 Å². The molecule has 4 heteroatoms. The largest absolute Gasteiger partial charge is 0.504 e. The molecule has 0 aliphatic rings. The predicted molar refractivity (Wildman–Crippen MR) is 78.6 cm³/mol. The minimum atomic E-state index is 0.202. The molecule has 3 nitrogen and oxygen atoms in total. The number of benzene rings is 1. The van der Waals surface area contributed by atoms with Crippen molar-refractivity contribution in [1.29, 1.82) is 0 Å². The van der Waals surface area contributed by atoms with Crippen LogP contribution < -0.4 is 10.1 Å². The molecule has 0 spiro atoms. The minimum Gasteiger partial charge on any atom is -0.504 e. The molecule has 1 aromatic carbocycles. The molecular weight excluding hydrogens is 246 g/mol. The molecule has 18 heavy (non-hydrogen) atoms. The van der Waals surface area contributed by atoms with E-state index in [1.807, 2.05) is 30.8 Å². The Balaban J connectivity index is 2.60. The van der Waals surface area contributed by atoms with Crippen molar-refractivity contribution < 1.29 is 9.84 Å². The zero-order chi connectivity index (χ0) is 13.6. The van der Waals surface area contributed by atoms with Gasteiger partial charge in [-0.1, -0.05) is 12.1 Å². The summed E-state index contributed by atoms with van der Waals surface area (Å²) in [5, 5.41) is 13.4. The summed E-state index contributed by atoms with van der Waals surface area (Å²) in [6.07, 6.45) is 2.11. The highest BCUT2D eigenvalue weighted by atomic mass is 32.2. The van der Waals surface area contributed by atoms with Crippen LogP contribution in [0.4, 0.5) is 0 Å². The molecule has 0 amide bonds. The maximum absolute atomic E-state index is 10.0. The van der Waals surface area contributed by atoms with E-state index in [0.717, 1.165) is 12.1 Å². The third kappa shape index (κ3) is 4.42. The van der Waals surface area contributed by atoms with Gasteiger partial charge < -0.3 is 15.2 Å². The van der Waals surface area contributed by atoms with Crippen molar-refractivity contribution in [2.24, 2.45) is 0 Å². The molecule has 0 saturated heterocycles. The van der Waals surface area contributed by atoms with Crippen LogP contribution in [-0.4, -0.2) is 29.3 Å². The second kappa shape index (κ2) is 6.90. The summed E-state index contributed by atoms with van der Waals surface area (Å²) in [7, 11) is 0. The van der Waals surface area contributed by atoms with Crippen LogP contribution in [0.5, 0.6) is 11.5 Å². The lowest BCUT2D eigenvalue weighted by Gasteiger charge is -2.22. The van der Waals surface area contributed by atoms with Crippen molar-refractivity contribution in [3.05, 3.63) is 23.8 Å². The molecule has 0 atom stereocenters. The van der Waals surface area contributed by atoms with Gasteiger partial charge in [-0.3, -0.25) is 0 Å². The van der Waals surface area contributed by atoms with Crippen LogP contribution in [0.25, 0.3) is 0 Å². The van der Waals surface area contributed by atoms with E-state index in [2.05, 4.69) is 25.4 Å². The first-order chi connectivity index (χ1) is 8.50. The van der Waals surface area contributed by atoms with Gasteiger partial charge in [0.25, 0.3) is 0 Å². The van der Waals surface area contributed by atoms with Crippen LogP contribution in [0.15, 0.2) is 18.2 Å². The van der Waals surface area contributed by atoms with Gasteiger partial charge in [0.15, 0.2) is 11.5 Å². The second-order valence-corrected chi connectivity index (χ2v) is 6.28. The van der Waals surface area contributed by atoms with Gasteiger partial charge in [0.1, 0.15) is 0 Å². The fraction of sp³-hybridized carbons (Fsp3) is 0.571. The lowest BCUT2D eigenvalue weighted by atomic mass is 10.1. The number of aromatic hydroxyl groups is 1. The molecule has 102 valence electrons. The van der Waals surface area contributed by atoms with E-state index in [9.17, 15) is 5.11 Å². The molecule has 0 aliphatic carbocycles. The summed E-state index contributed by atoms with van der Waals surface area (Å²) in [4.78, 5) is 0. The van der Waals surface area contributed by atoms with E-state index in [4.69, 9.17) is 4.74 Å². The molecule has 0 radical (unpaired) electrons. The fourth-order valence-electron chi connectivity index (χ4n) is 1.55. The summed E-state index contributed by atoms with van der Waals surface area (Å²) in [6, 6.07) is 5.60. The average molecular weight is 269 g/mol. The Morgan fingerprint density at radius 2 is 2.11 bits per heavy atom. The number of rotatable bonds is 7. The van der Waals surface area contributed by atoms with Crippen molar-refractivity contribution >= 4 is 11.8 Å². The number of para-hydroxylation sites is 1. The van der Waals surface area contributed by atoms with Crippen LogP contribution in [0.1, 0.15) is 26.3 Å². The number of hydrogen-bond donors (Lipinski definition) is 2. The molecule has 1 aromatic rings. The Hall–Kier alpha value is -0.870. The number of nitrogens with one attached hydrogen (secondary N) is 1. The Labute approximate surface area is 114 Å². The quantitative estimate of drug-likeness (QED) is 0.798. The lowest BCUT2D eigenvalue weighted by molar-refractivity contribution is 0.316. The van der Waals surface area contributed by atoms with Crippen LogP contribution in [0.2, 0.25) is 0 Å². The predicted octanol–water partition coefficient (Wildman–Crippen LogP) is 3.02. The Kier molecular flexibility index (Phi) is 5.82. The van der Waals surface area contributed by atoms with Crippen LogP contribution in [0.3, 0.4) is 0 Å². The monoisotopic (exact) mass is 269 g/mol. The van der Waals surface area contributed by atoms with Gasteiger partial charge in [-0.15, -0.1) is 0 Å². The van der Waals surface area contributed by atoms with Crippen LogP contribution in [-0.2, 0) is 6.54 Å².